The molecule has 0 bridgehead atoms. The summed E-state index contributed by atoms with van der Waals surface area (Å²) in [7, 11) is 0. The summed E-state index contributed by atoms with van der Waals surface area (Å²) in [4.78, 5) is 15.0. The summed E-state index contributed by atoms with van der Waals surface area (Å²) in [5.74, 6) is 1.06. The van der Waals surface area contributed by atoms with Crippen molar-refractivity contribution in [3.8, 4) is 0 Å². The van der Waals surface area contributed by atoms with Gasteiger partial charge in [-0.3, -0.25) is 0 Å². The minimum absolute atomic E-state index is 0.153. The van der Waals surface area contributed by atoms with Crippen LogP contribution >= 0.6 is 0 Å². The molecular weight excluding hydrogens is 258 g/mol. The molecule has 1 aromatic heterocycles. The average molecular weight is 279 g/mol. The zero-order chi connectivity index (χ0) is 14.9. The molecule has 0 saturated carbocycles. The molecule has 20 heavy (non-hydrogen) atoms. The number of aliphatic hydroxyl groups excluding tert-OH is 1. The summed E-state index contributed by atoms with van der Waals surface area (Å²) in [5, 5.41) is 14.0. The predicted molar refractivity (Wildman–Crippen MR) is 75.5 cm³/mol. The summed E-state index contributed by atoms with van der Waals surface area (Å²) in [5.41, 5.74) is -0.153. The topological polar surface area (TPSA) is 69.8 Å². The molecule has 0 aliphatic carbocycles. The number of urea groups is 1. The van der Waals surface area contributed by atoms with Crippen LogP contribution in [-0.2, 0) is 5.41 Å². The van der Waals surface area contributed by atoms with Crippen molar-refractivity contribution in [3.05, 3.63) is 24.5 Å². The van der Waals surface area contributed by atoms with Gasteiger partial charge in [0.2, 0.25) is 0 Å². The van der Waals surface area contributed by atoms with Crippen LogP contribution in [0.4, 0.5) is 10.6 Å². The summed E-state index contributed by atoms with van der Waals surface area (Å²) >= 11 is 0. The molecule has 2 rings (SSSR count). The van der Waals surface area contributed by atoms with Crippen molar-refractivity contribution in [2.24, 2.45) is 0 Å². The maximum Gasteiger partial charge on any atom is 0.328 e. The van der Waals surface area contributed by atoms with E-state index in [4.69, 9.17) is 4.52 Å². The molecule has 6 heteroatoms. The summed E-state index contributed by atoms with van der Waals surface area (Å²) in [6.07, 6.45) is 1.61. The molecular formula is C14H21N3O3. The van der Waals surface area contributed by atoms with Crippen LogP contribution in [0.1, 0.15) is 33.0 Å². The standard InChI is InChI=1S/C14H21N3O3/c1-5-7-16-9-12(18)17(13(16)19)11-8-10(20-15-11)14(3,4)6-2/h5,8,12,18H,1,6-7,9H2,2-4H3. The first kappa shape index (κ1) is 14.6. The van der Waals surface area contributed by atoms with Crippen LogP contribution in [0.15, 0.2) is 23.2 Å². The number of carbonyl (C=O) groups is 1. The normalized spacial score (nSPS) is 19.8. The van der Waals surface area contributed by atoms with Crippen LogP contribution in [0.25, 0.3) is 0 Å². The van der Waals surface area contributed by atoms with E-state index in [1.165, 1.54) is 9.80 Å². The van der Waals surface area contributed by atoms with Crippen LogP contribution in [0.5, 0.6) is 0 Å². The molecule has 1 aliphatic heterocycles. The third kappa shape index (κ3) is 2.43. The van der Waals surface area contributed by atoms with E-state index in [0.717, 1.165) is 6.42 Å². The van der Waals surface area contributed by atoms with Gasteiger partial charge in [0, 0.05) is 18.0 Å². The predicted octanol–water partition coefficient (Wildman–Crippen LogP) is 2.11. The van der Waals surface area contributed by atoms with Crippen molar-refractivity contribution in [1.29, 1.82) is 0 Å². The van der Waals surface area contributed by atoms with E-state index in [1.807, 2.05) is 13.8 Å². The van der Waals surface area contributed by atoms with Gasteiger partial charge in [-0.05, 0) is 6.42 Å². The quantitative estimate of drug-likeness (QED) is 0.838. The summed E-state index contributed by atoms with van der Waals surface area (Å²) in [6.45, 7) is 10.4. The van der Waals surface area contributed by atoms with Crippen molar-refractivity contribution >= 4 is 11.8 Å². The third-order valence-electron chi connectivity index (χ3n) is 3.80. The molecule has 1 N–H and O–H groups in total. The average Bonchev–Trinajstić information content (AvgIpc) is 2.97. The molecule has 1 unspecified atom stereocenters. The number of anilines is 1. The van der Waals surface area contributed by atoms with E-state index in [2.05, 4.69) is 18.7 Å². The fraction of sp³-hybridized carbons (Fsp3) is 0.571. The molecule has 2 heterocycles. The lowest BCUT2D eigenvalue weighted by Gasteiger charge is -2.18. The number of aliphatic hydroxyl groups is 1. The SMILES string of the molecule is C=CCN1CC(O)N(c2cc(C(C)(C)CC)on2)C1=O. The van der Waals surface area contributed by atoms with Gasteiger partial charge in [0.05, 0.1) is 6.54 Å². The Morgan fingerprint density at radius 2 is 2.35 bits per heavy atom. The molecule has 1 saturated heterocycles. The van der Waals surface area contributed by atoms with Gasteiger partial charge in [0.1, 0.15) is 5.76 Å². The molecule has 1 atom stereocenters. The Hall–Kier alpha value is -1.82. The molecule has 1 fully saturated rings. The lowest BCUT2D eigenvalue weighted by molar-refractivity contribution is 0.179. The van der Waals surface area contributed by atoms with Crippen molar-refractivity contribution in [2.75, 3.05) is 18.0 Å². The molecule has 0 aromatic carbocycles. The first-order chi connectivity index (χ1) is 9.40. The number of rotatable bonds is 5. The number of aromatic nitrogens is 1. The number of β-amino-alcohol motifs (C(OH)–C–C–N with tert-alkyl or cyclic N) is 1. The lowest BCUT2D eigenvalue weighted by atomic mass is 9.87. The van der Waals surface area contributed by atoms with Gasteiger partial charge in [-0.2, -0.15) is 0 Å². The molecule has 0 radical (unpaired) electrons. The molecule has 6 nitrogen and oxygen atoms in total. The van der Waals surface area contributed by atoms with E-state index < -0.39 is 6.23 Å². The van der Waals surface area contributed by atoms with Crippen LogP contribution in [0, 0.1) is 0 Å². The Balaban J connectivity index is 2.24. The molecule has 110 valence electrons. The summed E-state index contributed by atoms with van der Waals surface area (Å²) < 4.78 is 5.33. The Kier molecular flexibility index (Phi) is 3.85. The lowest BCUT2D eigenvalue weighted by Crippen LogP contribution is -2.35. The minimum Gasteiger partial charge on any atom is -0.371 e. The van der Waals surface area contributed by atoms with Crippen molar-refractivity contribution in [2.45, 2.75) is 38.8 Å². The van der Waals surface area contributed by atoms with Gasteiger partial charge < -0.3 is 14.5 Å². The van der Waals surface area contributed by atoms with Crippen LogP contribution in [0.2, 0.25) is 0 Å². The highest BCUT2D eigenvalue weighted by Crippen LogP contribution is 2.31. The van der Waals surface area contributed by atoms with Crippen LogP contribution in [0.3, 0.4) is 0 Å². The van der Waals surface area contributed by atoms with Crippen molar-refractivity contribution in [1.82, 2.24) is 10.1 Å². The van der Waals surface area contributed by atoms with E-state index in [9.17, 15) is 9.90 Å². The largest absolute Gasteiger partial charge is 0.371 e. The first-order valence-electron chi connectivity index (χ1n) is 6.75. The Bertz CT molecular complexity index is 510. The number of hydrogen-bond acceptors (Lipinski definition) is 4. The third-order valence-corrected chi connectivity index (χ3v) is 3.80. The number of nitrogens with zero attached hydrogens (tertiary/aromatic N) is 3. The zero-order valence-electron chi connectivity index (χ0n) is 12.2. The molecule has 0 spiro atoms. The van der Waals surface area contributed by atoms with Gasteiger partial charge in [-0.1, -0.05) is 32.0 Å². The van der Waals surface area contributed by atoms with Gasteiger partial charge in [-0.25, -0.2) is 9.69 Å². The monoisotopic (exact) mass is 279 g/mol. The van der Waals surface area contributed by atoms with Crippen molar-refractivity contribution in [3.63, 3.8) is 0 Å². The fourth-order valence-electron chi connectivity index (χ4n) is 2.07. The highest BCUT2D eigenvalue weighted by Gasteiger charge is 2.39. The van der Waals surface area contributed by atoms with E-state index in [0.29, 0.717) is 18.1 Å². The zero-order valence-corrected chi connectivity index (χ0v) is 12.2. The Morgan fingerprint density at radius 1 is 1.65 bits per heavy atom. The second kappa shape index (κ2) is 5.28. The minimum atomic E-state index is -0.912. The Labute approximate surface area is 118 Å². The van der Waals surface area contributed by atoms with E-state index in [1.54, 1.807) is 12.1 Å². The first-order valence-corrected chi connectivity index (χ1v) is 6.75. The second-order valence-electron chi connectivity index (χ2n) is 5.61. The highest BCUT2D eigenvalue weighted by atomic mass is 16.5. The maximum absolute atomic E-state index is 12.2. The number of hydrogen-bond donors (Lipinski definition) is 1. The van der Waals surface area contributed by atoms with Crippen LogP contribution in [-0.4, -0.2) is 40.5 Å². The maximum atomic E-state index is 12.2. The smallest absolute Gasteiger partial charge is 0.328 e. The van der Waals surface area contributed by atoms with Gasteiger partial charge >= 0.3 is 6.03 Å². The highest BCUT2D eigenvalue weighted by molar-refractivity contribution is 5.93. The van der Waals surface area contributed by atoms with Crippen LogP contribution < -0.4 is 4.90 Å². The van der Waals surface area contributed by atoms with Gasteiger partial charge in [0.15, 0.2) is 12.0 Å². The summed E-state index contributed by atoms with van der Waals surface area (Å²) in [6, 6.07) is 1.44. The number of amides is 2. The molecule has 1 aromatic rings. The molecule has 1 aliphatic rings. The van der Waals surface area contributed by atoms with E-state index in [-0.39, 0.29) is 18.0 Å². The van der Waals surface area contributed by atoms with Gasteiger partial charge in [-0.15, -0.1) is 6.58 Å². The second-order valence-corrected chi connectivity index (χ2v) is 5.61. The number of carbonyl (C=O) groups excluding carboxylic acids is 1. The fourth-order valence-corrected chi connectivity index (χ4v) is 2.07. The van der Waals surface area contributed by atoms with Gasteiger partial charge in [0.25, 0.3) is 0 Å². The Morgan fingerprint density at radius 3 is 2.95 bits per heavy atom. The molecule has 2 amide bonds. The van der Waals surface area contributed by atoms with Crippen molar-refractivity contribution < 1.29 is 14.4 Å². The van der Waals surface area contributed by atoms with E-state index >= 15 is 0 Å².